The topological polar surface area (TPSA) is 21.3 Å². The maximum absolute atomic E-state index is 5.76. The van der Waals surface area contributed by atoms with E-state index in [0.717, 1.165) is 31.9 Å². The van der Waals surface area contributed by atoms with Gasteiger partial charge in [-0.25, -0.2) is 0 Å². The Bertz CT molecular complexity index is 294. The van der Waals surface area contributed by atoms with Crippen LogP contribution in [-0.2, 0) is 6.42 Å². The van der Waals surface area contributed by atoms with E-state index in [1.54, 1.807) is 0 Å². The maximum atomic E-state index is 5.76. The van der Waals surface area contributed by atoms with Crippen molar-refractivity contribution < 1.29 is 4.74 Å². The van der Waals surface area contributed by atoms with E-state index in [2.05, 4.69) is 50.4 Å². The van der Waals surface area contributed by atoms with Gasteiger partial charge in [0.1, 0.15) is 5.75 Å². The first-order chi connectivity index (χ1) is 8.26. The van der Waals surface area contributed by atoms with Crippen LogP contribution in [-0.4, -0.2) is 19.7 Å². The highest BCUT2D eigenvalue weighted by molar-refractivity contribution is 5.27. The summed E-state index contributed by atoms with van der Waals surface area (Å²) in [6.07, 6.45) is 2.27. The van der Waals surface area contributed by atoms with Gasteiger partial charge < -0.3 is 10.1 Å². The van der Waals surface area contributed by atoms with Gasteiger partial charge in [0.05, 0.1) is 6.61 Å². The summed E-state index contributed by atoms with van der Waals surface area (Å²) in [6, 6.07) is 8.39. The Morgan fingerprint density at radius 2 is 1.88 bits per heavy atom. The Balaban J connectivity index is 2.24. The third-order valence-corrected chi connectivity index (χ3v) is 2.79. The molecule has 2 heteroatoms. The lowest BCUT2D eigenvalue weighted by Gasteiger charge is -2.13. The van der Waals surface area contributed by atoms with E-state index < -0.39 is 0 Å². The second kappa shape index (κ2) is 8.13. The number of ether oxygens (including phenoxy) is 1. The average molecular weight is 235 g/mol. The van der Waals surface area contributed by atoms with E-state index in [1.807, 2.05) is 0 Å². The minimum absolute atomic E-state index is 0.549. The minimum atomic E-state index is 0.549. The summed E-state index contributed by atoms with van der Waals surface area (Å²) in [6.45, 7) is 9.46. The Morgan fingerprint density at radius 1 is 1.18 bits per heavy atom. The van der Waals surface area contributed by atoms with Gasteiger partial charge in [0.25, 0.3) is 0 Å². The molecule has 0 fully saturated rings. The van der Waals surface area contributed by atoms with Crippen molar-refractivity contribution in [3.8, 4) is 5.75 Å². The Labute approximate surface area is 105 Å². The van der Waals surface area contributed by atoms with Crippen molar-refractivity contribution in [1.29, 1.82) is 0 Å². The molecule has 2 nitrogen and oxygen atoms in total. The summed E-state index contributed by atoms with van der Waals surface area (Å²) < 4.78 is 5.76. The summed E-state index contributed by atoms with van der Waals surface area (Å²) in [7, 11) is 0. The quantitative estimate of drug-likeness (QED) is 0.698. The molecule has 17 heavy (non-hydrogen) atoms. The van der Waals surface area contributed by atoms with Gasteiger partial charge in [-0.1, -0.05) is 32.9 Å². The highest BCUT2D eigenvalue weighted by atomic mass is 16.5. The van der Waals surface area contributed by atoms with Gasteiger partial charge in [-0.3, -0.25) is 0 Å². The molecular weight excluding hydrogens is 210 g/mol. The van der Waals surface area contributed by atoms with Crippen LogP contribution < -0.4 is 10.1 Å². The molecule has 0 heterocycles. The van der Waals surface area contributed by atoms with Gasteiger partial charge in [-0.05, 0) is 37.1 Å². The van der Waals surface area contributed by atoms with Crippen LogP contribution in [0.2, 0.25) is 0 Å². The lowest BCUT2D eigenvalue weighted by Crippen LogP contribution is -2.25. The molecular formula is C15H25NO. The first kappa shape index (κ1) is 14.0. The van der Waals surface area contributed by atoms with E-state index in [0.29, 0.717) is 5.92 Å². The zero-order chi connectivity index (χ0) is 12.5. The molecule has 0 aliphatic carbocycles. The molecule has 0 aliphatic rings. The molecule has 1 unspecified atom stereocenters. The summed E-state index contributed by atoms with van der Waals surface area (Å²) in [4.78, 5) is 0. The van der Waals surface area contributed by atoms with Crippen molar-refractivity contribution in [3.05, 3.63) is 29.8 Å². The number of benzene rings is 1. The molecule has 1 N–H and O–H groups in total. The third-order valence-electron chi connectivity index (χ3n) is 2.79. The van der Waals surface area contributed by atoms with Gasteiger partial charge >= 0.3 is 0 Å². The van der Waals surface area contributed by atoms with Gasteiger partial charge in [-0.2, -0.15) is 0 Å². The molecule has 0 bridgehead atoms. The van der Waals surface area contributed by atoms with Crippen LogP contribution in [0.5, 0.6) is 5.75 Å². The van der Waals surface area contributed by atoms with Crippen molar-refractivity contribution in [2.24, 2.45) is 5.92 Å². The van der Waals surface area contributed by atoms with Crippen molar-refractivity contribution in [3.63, 3.8) is 0 Å². The first-order valence-corrected chi connectivity index (χ1v) is 6.68. The minimum Gasteiger partial charge on any atom is -0.493 e. The highest BCUT2D eigenvalue weighted by Gasteiger charge is 2.02. The second-order valence-electron chi connectivity index (χ2n) is 4.62. The first-order valence-electron chi connectivity index (χ1n) is 6.68. The van der Waals surface area contributed by atoms with E-state index in [1.165, 1.54) is 12.0 Å². The molecule has 0 amide bonds. The largest absolute Gasteiger partial charge is 0.493 e. The van der Waals surface area contributed by atoms with Crippen LogP contribution in [0.15, 0.2) is 24.3 Å². The zero-order valence-corrected chi connectivity index (χ0v) is 11.3. The number of nitrogens with one attached hydrogen (secondary N) is 1. The molecule has 0 saturated heterocycles. The average Bonchev–Trinajstić information content (AvgIpc) is 2.37. The standard InChI is InChI=1S/C15H25NO/c1-4-10-16-11-13(3)12-17-15-8-6-14(5-2)7-9-15/h6-9,13,16H,4-5,10-12H2,1-3H3. The lowest BCUT2D eigenvalue weighted by molar-refractivity contribution is 0.256. The zero-order valence-electron chi connectivity index (χ0n) is 11.3. The fourth-order valence-electron chi connectivity index (χ4n) is 1.64. The number of aryl methyl sites for hydroxylation is 1. The maximum Gasteiger partial charge on any atom is 0.119 e. The molecule has 0 aliphatic heterocycles. The van der Waals surface area contributed by atoms with Gasteiger partial charge in [-0.15, -0.1) is 0 Å². The Kier molecular flexibility index (Phi) is 6.71. The molecule has 0 spiro atoms. The van der Waals surface area contributed by atoms with Crippen LogP contribution in [0.1, 0.15) is 32.8 Å². The second-order valence-corrected chi connectivity index (χ2v) is 4.62. The van der Waals surface area contributed by atoms with Crippen LogP contribution in [0.25, 0.3) is 0 Å². The predicted octanol–water partition coefficient (Wildman–Crippen LogP) is 3.26. The van der Waals surface area contributed by atoms with E-state index in [9.17, 15) is 0 Å². The summed E-state index contributed by atoms with van der Waals surface area (Å²) in [5.41, 5.74) is 1.36. The summed E-state index contributed by atoms with van der Waals surface area (Å²) in [5.74, 6) is 1.52. The molecule has 1 aromatic rings. The summed E-state index contributed by atoms with van der Waals surface area (Å²) in [5, 5.41) is 3.41. The molecule has 0 radical (unpaired) electrons. The van der Waals surface area contributed by atoms with Crippen LogP contribution >= 0.6 is 0 Å². The number of rotatable bonds is 8. The van der Waals surface area contributed by atoms with Gasteiger partial charge in [0, 0.05) is 12.5 Å². The molecule has 1 atom stereocenters. The normalized spacial score (nSPS) is 12.4. The van der Waals surface area contributed by atoms with Crippen LogP contribution in [0, 0.1) is 5.92 Å². The highest BCUT2D eigenvalue weighted by Crippen LogP contribution is 2.13. The van der Waals surface area contributed by atoms with E-state index >= 15 is 0 Å². The third kappa shape index (κ3) is 5.73. The lowest BCUT2D eigenvalue weighted by atomic mass is 10.1. The van der Waals surface area contributed by atoms with Crippen molar-refractivity contribution >= 4 is 0 Å². The van der Waals surface area contributed by atoms with Crippen molar-refractivity contribution in [2.45, 2.75) is 33.6 Å². The molecule has 0 aromatic heterocycles. The van der Waals surface area contributed by atoms with Crippen molar-refractivity contribution in [1.82, 2.24) is 5.32 Å². The predicted molar refractivity (Wildman–Crippen MR) is 73.6 cm³/mol. The van der Waals surface area contributed by atoms with Crippen LogP contribution in [0.3, 0.4) is 0 Å². The fraction of sp³-hybridized carbons (Fsp3) is 0.600. The van der Waals surface area contributed by atoms with E-state index in [4.69, 9.17) is 4.74 Å². The van der Waals surface area contributed by atoms with Gasteiger partial charge in [0.2, 0.25) is 0 Å². The number of hydrogen-bond acceptors (Lipinski definition) is 2. The molecule has 1 aromatic carbocycles. The SMILES string of the molecule is CCCNCC(C)COc1ccc(CC)cc1. The molecule has 1 rings (SSSR count). The molecule has 0 saturated carbocycles. The molecule has 96 valence electrons. The smallest absolute Gasteiger partial charge is 0.119 e. The summed E-state index contributed by atoms with van der Waals surface area (Å²) >= 11 is 0. The van der Waals surface area contributed by atoms with E-state index in [-0.39, 0.29) is 0 Å². The Hall–Kier alpha value is -1.02. The van der Waals surface area contributed by atoms with Crippen LogP contribution in [0.4, 0.5) is 0 Å². The monoisotopic (exact) mass is 235 g/mol. The Morgan fingerprint density at radius 3 is 2.47 bits per heavy atom. The van der Waals surface area contributed by atoms with Crippen molar-refractivity contribution in [2.75, 3.05) is 19.7 Å². The van der Waals surface area contributed by atoms with Gasteiger partial charge in [0.15, 0.2) is 0 Å². The fourth-order valence-corrected chi connectivity index (χ4v) is 1.64. The number of hydrogen-bond donors (Lipinski definition) is 1.